The van der Waals surface area contributed by atoms with E-state index in [0.29, 0.717) is 41.5 Å². The number of β-amino-alcohol motifs (C(OH)–C–C–N with tert-alkyl or cyclic N) is 1. The quantitative estimate of drug-likeness (QED) is 0.516. The zero-order chi connectivity index (χ0) is 23.4. The number of nitrogens with one attached hydrogen (secondary N) is 2. The number of aromatic nitrogens is 3. The molecular weight excluding hydrogens is 459 g/mol. The van der Waals surface area contributed by atoms with Crippen LogP contribution >= 0.6 is 11.8 Å². The van der Waals surface area contributed by atoms with Gasteiger partial charge in [-0.1, -0.05) is 0 Å². The van der Waals surface area contributed by atoms with Crippen LogP contribution in [0.5, 0.6) is 0 Å². The van der Waals surface area contributed by atoms with E-state index in [1.165, 1.54) is 22.4 Å². The van der Waals surface area contributed by atoms with Gasteiger partial charge in [0.15, 0.2) is 0 Å². The second-order valence-electron chi connectivity index (χ2n) is 9.08. The van der Waals surface area contributed by atoms with Crippen molar-refractivity contribution >= 4 is 40.3 Å². The minimum atomic E-state index is -1.49. The summed E-state index contributed by atoms with van der Waals surface area (Å²) in [7, 11) is 0. The third kappa shape index (κ3) is 3.64. The monoisotopic (exact) mass is 482 g/mol. The van der Waals surface area contributed by atoms with Crippen LogP contribution in [0.2, 0.25) is 0 Å². The molecule has 1 unspecified atom stereocenters. The van der Waals surface area contributed by atoms with Crippen molar-refractivity contribution < 1.29 is 14.3 Å². The van der Waals surface area contributed by atoms with Crippen molar-refractivity contribution in [2.75, 3.05) is 36.0 Å². The topological polar surface area (TPSA) is 112 Å². The van der Waals surface area contributed by atoms with Crippen LogP contribution in [0.3, 0.4) is 0 Å². The molecule has 176 valence electrons. The van der Waals surface area contributed by atoms with E-state index >= 15 is 0 Å². The van der Waals surface area contributed by atoms with Gasteiger partial charge in [0, 0.05) is 31.7 Å². The Morgan fingerprint density at radius 2 is 2.06 bits per heavy atom. The summed E-state index contributed by atoms with van der Waals surface area (Å²) in [6.07, 6.45) is 2.75. The Morgan fingerprint density at radius 1 is 1.24 bits per heavy atom. The number of fused-ring (bicyclic) bond motifs is 1. The highest BCUT2D eigenvalue weighted by atomic mass is 32.2. The molecule has 1 fully saturated rings. The van der Waals surface area contributed by atoms with Crippen LogP contribution in [0.4, 0.5) is 16.0 Å². The van der Waals surface area contributed by atoms with Crippen LogP contribution in [0.1, 0.15) is 18.4 Å². The summed E-state index contributed by atoms with van der Waals surface area (Å²) >= 11 is 1.48. The number of carbonyl (C=O) groups excluding carboxylic acids is 1. The molecule has 3 aliphatic heterocycles. The minimum absolute atomic E-state index is 0.0159. The maximum absolute atomic E-state index is 14.8. The van der Waals surface area contributed by atoms with Crippen LogP contribution < -0.4 is 16.2 Å². The van der Waals surface area contributed by atoms with Gasteiger partial charge in [-0.25, -0.2) is 9.37 Å². The van der Waals surface area contributed by atoms with E-state index in [1.807, 2.05) is 12.1 Å². The average Bonchev–Trinajstić information content (AvgIpc) is 3.14. The van der Waals surface area contributed by atoms with Crippen molar-refractivity contribution in [1.82, 2.24) is 19.4 Å². The van der Waals surface area contributed by atoms with E-state index in [9.17, 15) is 19.1 Å². The highest BCUT2D eigenvalue weighted by Gasteiger charge is 2.43. The molecule has 0 aliphatic carbocycles. The molecule has 6 heterocycles. The number of likely N-dealkylation sites (tertiary alicyclic amines) is 1. The maximum atomic E-state index is 14.8. The second kappa shape index (κ2) is 8.03. The SMILES string of the molecule is O=C1CSc2ccc(NC3CCN(CC4(O)Cn5c(=O)ccc6ncc(F)c4c65)CC3)nc2N1. The number of anilines is 2. The number of aliphatic hydroxyl groups is 1. The summed E-state index contributed by atoms with van der Waals surface area (Å²) < 4.78 is 16.2. The van der Waals surface area contributed by atoms with Crippen LogP contribution in [-0.2, 0) is 16.9 Å². The van der Waals surface area contributed by atoms with E-state index in [4.69, 9.17) is 0 Å². The van der Waals surface area contributed by atoms with E-state index in [0.717, 1.165) is 23.9 Å². The molecule has 11 heteroatoms. The molecule has 3 N–H and O–H groups in total. The number of amides is 1. The maximum Gasteiger partial charge on any atom is 0.251 e. The van der Waals surface area contributed by atoms with Crippen molar-refractivity contribution in [1.29, 1.82) is 0 Å². The van der Waals surface area contributed by atoms with Gasteiger partial charge in [-0.3, -0.25) is 19.5 Å². The Morgan fingerprint density at radius 3 is 2.88 bits per heavy atom. The fourth-order valence-corrected chi connectivity index (χ4v) is 5.92. The first-order valence-corrected chi connectivity index (χ1v) is 12.2. The molecule has 1 amide bonds. The van der Waals surface area contributed by atoms with Crippen molar-refractivity contribution in [3.63, 3.8) is 0 Å². The van der Waals surface area contributed by atoms with Crippen molar-refractivity contribution in [2.24, 2.45) is 0 Å². The van der Waals surface area contributed by atoms with Crippen LogP contribution in [-0.4, -0.2) is 61.9 Å². The van der Waals surface area contributed by atoms with Gasteiger partial charge in [0.25, 0.3) is 5.56 Å². The first kappa shape index (κ1) is 21.5. The van der Waals surface area contributed by atoms with Gasteiger partial charge in [0.1, 0.15) is 23.1 Å². The molecule has 6 rings (SSSR count). The number of halogens is 1. The van der Waals surface area contributed by atoms with Crippen LogP contribution in [0.25, 0.3) is 11.0 Å². The predicted molar refractivity (Wildman–Crippen MR) is 127 cm³/mol. The minimum Gasteiger partial charge on any atom is -0.382 e. The summed E-state index contributed by atoms with van der Waals surface area (Å²) in [5, 5.41) is 17.7. The number of carbonyl (C=O) groups is 1. The molecule has 0 bridgehead atoms. The lowest BCUT2D eigenvalue weighted by atomic mass is 9.93. The molecule has 0 spiro atoms. The third-order valence-electron chi connectivity index (χ3n) is 6.74. The zero-order valence-electron chi connectivity index (χ0n) is 18.3. The van der Waals surface area contributed by atoms with Gasteiger partial charge < -0.3 is 20.3 Å². The van der Waals surface area contributed by atoms with Crippen molar-refractivity contribution in [3.8, 4) is 0 Å². The highest BCUT2D eigenvalue weighted by molar-refractivity contribution is 8.00. The Bertz CT molecular complexity index is 1370. The third-order valence-corrected chi connectivity index (χ3v) is 7.79. The Kier molecular flexibility index (Phi) is 5.08. The molecule has 9 nitrogen and oxygen atoms in total. The van der Waals surface area contributed by atoms with E-state index in [-0.39, 0.29) is 36.2 Å². The lowest BCUT2D eigenvalue weighted by Gasteiger charge is -2.37. The number of thioether (sulfide) groups is 1. The smallest absolute Gasteiger partial charge is 0.251 e. The number of rotatable bonds is 4. The fraction of sp³-hybridized carbons (Fsp3) is 0.391. The molecule has 3 aromatic heterocycles. The largest absolute Gasteiger partial charge is 0.382 e. The summed E-state index contributed by atoms with van der Waals surface area (Å²) in [6.45, 7) is 1.66. The molecule has 3 aromatic rings. The van der Waals surface area contributed by atoms with Crippen molar-refractivity contribution in [2.45, 2.75) is 35.9 Å². The number of pyridine rings is 3. The lowest BCUT2D eigenvalue weighted by molar-refractivity contribution is -0.113. The van der Waals surface area contributed by atoms with Gasteiger partial charge in [-0.15, -0.1) is 11.8 Å². The molecular formula is C23H23FN6O3S. The van der Waals surface area contributed by atoms with Crippen LogP contribution in [0.15, 0.2) is 40.2 Å². The Balaban J connectivity index is 1.14. The molecule has 3 aliphatic rings. The van der Waals surface area contributed by atoms with E-state index in [1.54, 1.807) is 6.07 Å². The predicted octanol–water partition coefficient (Wildman–Crippen LogP) is 1.75. The van der Waals surface area contributed by atoms with Gasteiger partial charge in [0.2, 0.25) is 5.91 Å². The molecule has 0 radical (unpaired) electrons. The van der Waals surface area contributed by atoms with Crippen LogP contribution in [0, 0.1) is 5.82 Å². The summed E-state index contributed by atoms with van der Waals surface area (Å²) in [4.78, 5) is 35.7. The number of piperidine rings is 1. The highest BCUT2D eigenvalue weighted by Crippen LogP contribution is 2.38. The van der Waals surface area contributed by atoms with E-state index in [2.05, 4.69) is 25.5 Å². The van der Waals surface area contributed by atoms with Gasteiger partial charge in [-0.05, 0) is 31.0 Å². The second-order valence-corrected chi connectivity index (χ2v) is 10.1. The van der Waals surface area contributed by atoms with Gasteiger partial charge >= 0.3 is 0 Å². The first-order chi connectivity index (χ1) is 16.4. The summed E-state index contributed by atoms with van der Waals surface area (Å²) in [6, 6.07) is 7.04. The Hall–Kier alpha value is -3.02. The normalized spacial score (nSPS) is 22.6. The Labute approximate surface area is 198 Å². The molecule has 0 aromatic carbocycles. The molecule has 0 saturated carbocycles. The number of hydrogen-bond donors (Lipinski definition) is 3. The lowest BCUT2D eigenvalue weighted by Crippen LogP contribution is -2.47. The number of hydrogen-bond acceptors (Lipinski definition) is 8. The molecule has 1 atom stereocenters. The summed E-state index contributed by atoms with van der Waals surface area (Å²) in [5.41, 5.74) is -0.715. The van der Waals surface area contributed by atoms with Gasteiger partial charge in [0.05, 0.1) is 40.0 Å². The van der Waals surface area contributed by atoms with Crippen molar-refractivity contribution in [3.05, 3.63) is 52.2 Å². The standard InChI is InChI=1S/C23H23FN6O3S/c24-14-9-25-15-1-4-19(32)30-12-23(33,20(14)21(15)30)11-29-7-5-13(6-8-29)26-17-3-2-16-22(27-17)28-18(31)10-34-16/h1-4,9,13,33H,5-8,10-12H2,(H2,26,27,28,31). The van der Waals surface area contributed by atoms with E-state index < -0.39 is 11.4 Å². The summed E-state index contributed by atoms with van der Waals surface area (Å²) in [5.74, 6) is 1.07. The first-order valence-electron chi connectivity index (χ1n) is 11.2. The zero-order valence-corrected chi connectivity index (χ0v) is 19.1. The number of nitrogens with zero attached hydrogens (tertiary/aromatic N) is 4. The van der Waals surface area contributed by atoms with Gasteiger partial charge in [-0.2, -0.15) is 0 Å². The molecule has 34 heavy (non-hydrogen) atoms. The molecule has 1 saturated heterocycles. The fourth-order valence-electron chi connectivity index (χ4n) is 5.17. The average molecular weight is 483 g/mol.